The van der Waals surface area contributed by atoms with Crippen LogP contribution in [0.5, 0.6) is 0 Å². The number of carbonyl (C=O) groups is 2. The fraction of sp³-hybridized carbons (Fsp3) is 0.895. The Bertz CT molecular complexity index is 468. The molecule has 25 heavy (non-hydrogen) atoms. The van der Waals surface area contributed by atoms with Crippen LogP contribution >= 0.6 is 0 Å². The van der Waals surface area contributed by atoms with Gasteiger partial charge in [0, 0.05) is 32.2 Å². The first kappa shape index (κ1) is 18.6. The monoisotopic (exact) mass is 352 g/mol. The topological polar surface area (TPSA) is 70.1 Å². The van der Waals surface area contributed by atoms with Gasteiger partial charge in [0.25, 0.3) is 0 Å². The third-order valence-electron chi connectivity index (χ3n) is 6.32. The Morgan fingerprint density at radius 3 is 2.20 bits per heavy atom. The number of likely N-dealkylation sites (tertiary alicyclic amines) is 1. The molecule has 1 atom stereocenters. The minimum Gasteiger partial charge on any atom is -0.480 e. The summed E-state index contributed by atoms with van der Waals surface area (Å²) in [7, 11) is 0. The van der Waals surface area contributed by atoms with Crippen LogP contribution in [0.1, 0.15) is 57.8 Å². The lowest BCUT2D eigenvalue weighted by Gasteiger charge is -2.35. The van der Waals surface area contributed by atoms with Gasteiger partial charge in [0.05, 0.1) is 13.2 Å². The summed E-state index contributed by atoms with van der Waals surface area (Å²) >= 11 is 0. The number of morpholine rings is 1. The van der Waals surface area contributed by atoms with Gasteiger partial charge in [-0.3, -0.25) is 14.5 Å². The van der Waals surface area contributed by atoms with Crippen molar-refractivity contribution in [1.82, 2.24) is 9.80 Å². The van der Waals surface area contributed by atoms with E-state index in [4.69, 9.17) is 4.74 Å². The molecule has 142 valence electrons. The highest BCUT2D eigenvalue weighted by molar-refractivity contribution is 6.02. The van der Waals surface area contributed by atoms with E-state index in [1.54, 1.807) is 0 Å². The Balaban J connectivity index is 1.65. The average molecular weight is 352 g/mol. The number of carbonyl (C=O) groups excluding carboxylic acids is 1. The van der Waals surface area contributed by atoms with E-state index < -0.39 is 11.4 Å². The smallest absolute Gasteiger partial charge is 0.319 e. The maximum absolute atomic E-state index is 13.2. The highest BCUT2D eigenvalue weighted by Crippen LogP contribution is 2.38. The number of carboxylic acid groups (broad SMARTS) is 1. The molecule has 1 N–H and O–H groups in total. The molecule has 6 heteroatoms. The highest BCUT2D eigenvalue weighted by Gasteiger charge is 2.48. The fourth-order valence-electron chi connectivity index (χ4n) is 4.74. The number of nitrogens with zero attached hydrogens (tertiary/aromatic N) is 2. The molecule has 1 unspecified atom stereocenters. The summed E-state index contributed by atoms with van der Waals surface area (Å²) in [6.45, 7) is 4.92. The molecule has 0 aromatic rings. The van der Waals surface area contributed by atoms with Crippen molar-refractivity contribution < 1.29 is 19.4 Å². The second-order valence-corrected chi connectivity index (χ2v) is 7.83. The van der Waals surface area contributed by atoms with Gasteiger partial charge in [0.2, 0.25) is 5.91 Å². The first-order valence-electron chi connectivity index (χ1n) is 9.98. The van der Waals surface area contributed by atoms with Crippen molar-refractivity contribution in [2.45, 2.75) is 63.8 Å². The van der Waals surface area contributed by atoms with Gasteiger partial charge in [-0.05, 0) is 32.1 Å². The summed E-state index contributed by atoms with van der Waals surface area (Å²) in [6, 6.07) is 0.497. The normalized spacial score (nSPS) is 28.8. The molecule has 6 nitrogen and oxygen atoms in total. The van der Waals surface area contributed by atoms with Crippen molar-refractivity contribution in [2.75, 3.05) is 39.4 Å². The van der Waals surface area contributed by atoms with Gasteiger partial charge < -0.3 is 14.7 Å². The summed E-state index contributed by atoms with van der Waals surface area (Å²) < 4.78 is 5.44. The maximum Gasteiger partial charge on any atom is 0.319 e. The van der Waals surface area contributed by atoms with Crippen LogP contribution in [-0.4, -0.2) is 72.2 Å². The lowest BCUT2D eigenvalue weighted by molar-refractivity contribution is -0.162. The molecule has 1 aliphatic carbocycles. The van der Waals surface area contributed by atoms with Crippen LogP contribution in [0.25, 0.3) is 0 Å². The number of hydrogen-bond donors (Lipinski definition) is 1. The molecule has 0 aromatic carbocycles. The second-order valence-electron chi connectivity index (χ2n) is 7.83. The van der Waals surface area contributed by atoms with Crippen LogP contribution in [0, 0.1) is 5.41 Å². The van der Waals surface area contributed by atoms with E-state index in [2.05, 4.69) is 4.90 Å². The molecule has 3 rings (SSSR count). The SMILES string of the molecule is O=C(O)C1(C(=O)N2CCCC(N3CCOCC3)CC2)CCCCCC1. The molecule has 0 bridgehead atoms. The van der Waals surface area contributed by atoms with E-state index >= 15 is 0 Å². The molecule has 2 heterocycles. The van der Waals surface area contributed by atoms with Crippen LogP contribution in [0.4, 0.5) is 0 Å². The zero-order valence-corrected chi connectivity index (χ0v) is 15.3. The maximum atomic E-state index is 13.2. The first-order chi connectivity index (χ1) is 12.1. The molecule has 0 radical (unpaired) electrons. The van der Waals surface area contributed by atoms with Gasteiger partial charge in [-0.1, -0.05) is 25.7 Å². The van der Waals surface area contributed by atoms with Crippen molar-refractivity contribution in [2.24, 2.45) is 5.41 Å². The molecule has 0 spiro atoms. The molecule has 1 amide bonds. The van der Waals surface area contributed by atoms with Crippen LogP contribution in [0.2, 0.25) is 0 Å². The molecular weight excluding hydrogens is 320 g/mol. The minimum atomic E-state index is -1.17. The fourth-order valence-corrected chi connectivity index (χ4v) is 4.74. The quantitative estimate of drug-likeness (QED) is 0.622. The molecular formula is C19H32N2O4. The van der Waals surface area contributed by atoms with Gasteiger partial charge in [0.15, 0.2) is 0 Å². The zero-order valence-electron chi connectivity index (χ0n) is 15.3. The predicted octanol–water partition coefficient (Wildman–Crippen LogP) is 2.12. The Kier molecular flexibility index (Phi) is 6.34. The van der Waals surface area contributed by atoms with E-state index in [9.17, 15) is 14.7 Å². The van der Waals surface area contributed by atoms with Gasteiger partial charge in [-0.15, -0.1) is 0 Å². The lowest BCUT2D eigenvalue weighted by Crippen LogP contribution is -2.49. The molecule has 0 aromatic heterocycles. The van der Waals surface area contributed by atoms with Gasteiger partial charge in [-0.25, -0.2) is 0 Å². The van der Waals surface area contributed by atoms with E-state index in [-0.39, 0.29) is 5.91 Å². The van der Waals surface area contributed by atoms with Crippen molar-refractivity contribution in [3.8, 4) is 0 Å². The molecule has 3 aliphatic rings. The number of carboxylic acids is 1. The molecule has 1 saturated carbocycles. The highest BCUT2D eigenvalue weighted by atomic mass is 16.5. The molecule has 3 fully saturated rings. The van der Waals surface area contributed by atoms with Crippen LogP contribution in [-0.2, 0) is 14.3 Å². The van der Waals surface area contributed by atoms with Gasteiger partial charge in [-0.2, -0.15) is 0 Å². The molecule has 2 saturated heterocycles. The summed E-state index contributed by atoms with van der Waals surface area (Å²) in [6.07, 6.45) is 7.79. The number of amides is 1. The van der Waals surface area contributed by atoms with Crippen molar-refractivity contribution >= 4 is 11.9 Å². The molecule has 2 aliphatic heterocycles. The first-order valence-corrected chi connectivity index (χ1v) is 9.98. The van der Waals surface area contributed by atoms with Gasteiger partial charge in [0.1, 0.15) is 5.41 Å². The summed E-state index contributed by atoms with van der Waals surface area (Å²) in [5.41, 5.74) is -1.17. The number of rotatable bonds is 3. The largest absolute Gasteiger partial charge is 0.480 e. The third-order valence-corrected chi connectivity index (χ3v) is 6.32. The minimum absolute atomic E-state index is 0.121. The van der Waals surface area contributed by atoms with E-state index in [0.29, 0.717) is 32.0 Å². The lowest BCUT2D eigenvalue weighted by atomic mass is 9.79. The van der Waals surface area contributed by atoms with Crippen molar-refractivity contribution in [3.05, 3.63) is 0 Å². The second kappa shape index (κ2) is 8.49. The zero-order chi connectivity index (χ0) is 17.7. The third kappa shape index (κ3) is 4.17. The van der Waals surface area contributed by atoms with Gasteiger partial charge >= 0.3 is 5.97 Å². The number of aliphatic carboxylic acids is 1. The Morgan fingerprint density at radius 1 is 0.880 bits per heavy atom. The van der Waals surface area contributed by atoms with Crippen LogP contribution < -0.4 is 0 Å². The van der Waals surface area contributed by atoms with Crippen LogP contribution in [0.15, 0.2) is 0 Å². The number of hydrogen-bond acceptors (Lipinski definition) is 4. The average Bonchev–Trinajstić information content (AvgIpc) is 3.03. The van der Waals surface area contributed by atoms with E-state index in [1.807, 2.05) is 4.90 Å². The Morgan fingerprint density at radius 2 is 1.56 bits per heavy atom. The summed E-state index contributed by atoms with van der Waals surface area (Å²) in [5.74, 6) is -1.03. The van der Waals surface area contributed by atoms with E-state index in [0.717, 1.165) is 71.2 Å². The van der Waals surface area contributed by atoms with E-state index in [1.165, 1.54) is 0 Å². The summed E-state index contributed by atoms with van der Waals surface area (Å²) in [4.78, 5) is 29.6. The van der Waals surface area contributed by atoms with Crippen molar-refractivity contribution in [1.29, 1.82) is 0 Å². The number of ether oxygens (including phenoxy) is 1. The summed E-state index contributed by atoms with van der Waals surface area (Å²) in [5, 5.41) is 9.87. The van der Waals surface area contributed by atoms with Crippen LogP contribution in [0.3, 0.4) is 0 Å². The Hall–Kier alpha value is -1.14. The van der Waals surface area contributed by atoms with Crippen molar-refractivity contribution in [3.63, 3.8) is 0 Å². The standard InChI is InChI=1S/C19H32N2O4/c22-17(19(18(23)24)8-3-1-2-4-9-19)21-10-5-6-16(7-11-21)20-12-14-25-15-13-20/h16H,1-15H2,(H,23,24). The predicted molar refractivity (Wildman–Crippen MR) is 94.4 cm³/mol. The Labute approximate surface area is 150 Å².